The summed E-state index contributed by atoms with van der Waals surface area (Å²) in [4.78, 5) is 0. The van der Waals surface area contributed by atoms with Crippen LogP contribution in [0, 0.1) is 5.21 Å². The van der Waals surface area contributed by atoms with Gasteiger partial charge in [-0.05, 0) is 11.1 Å². The molecule has 0 radical (unpaired) electrons. The zero-order valence-electron chi connectivity index (χ0n) is 5.58. The molecule has 0 N–H and O–H groups in total. The molecule has 0 unspecified atom stereocenters. The van der Waals surface area contributed by atoms with E-state index in [0.717, 1.165) is 5.06 Å². The van der Waals surface area contributed by atoms with Crippen LogP contribution in [0.2, 0.25) is 0 Å². The van der Waals surface area contributed by atoms with Crippen LogP contribution in [0.4, 0.5) is 0 Å². The fourth-order valence-corrected chi connectivity index (χ4v) is 1.30. The third-order valence-corrected chi connectivity index (χ3v) is 1.81. The topological polar surface area (TPSA) is 26.3 Å². The zero-order chi connectivity index (χ0) is 6.97. The third-order valence-electron chi connectivity index (χ3n) is 1.81. The smallest absolute Gasteiger partial charge is 0.0120 e. The predicted molar refractivity (Wildman–Crippen MR) is 39.1 cm³/mol. The Hall–Kier alpha value is -0.860. The minimum Gasteiger partial charge on any atom is -0.785 e. The summed E-state index contributed by atoms with van der Waals surface area (Å²) in [6.45, 7) is 1.13. The van der Waals surface area contributed by atoms with Gasteiger partial charge >= 0.3 is 0 Å². The molecule has 1 aromatic rings. The lowest BCUT2D eigenvalue weighted by Crippen LogP contribution is -2.04. The molecule has 1 aliphatic rings. The number of fused-ring (bicyclic) bond motifs is 1. The van der Waals surface area contributed by atoms with Crippen LogP contribution in [0.1, 0.15) is 11.1 Å². The highest BCUT2D eigenvalue weighted by molar-refractivity contribution is 5.30. The largest absolute Gasteiger partial charge is 0.785 e. The van der Waals surface area contributed by atoms with Gasteiger partial charge < -0.3 is 10.3 Å². The quantitative estimate of drug-likeness (QED) is 0.537. The molecule has 0 fully saturated rings. The number of hydrogen-bond acceptors (Lipinski definition) is 2. The Bertz CT molecular complexity index is 222. The molecule has 0 aliphatic carbocycles. The van der Waals surface area contributed by atoms with Crippen LogP contribution in [0.5, 0.6) is 0 Å². The summed E-state index contributed by atoms with van der Waals surface area (Å²) in [7, 11) is 0. The van der Waals surface area contributed by atoms with Gasteiger partial charge in [0, 0.05) is 13.1 Å². The fourth-order valence-electron chi connectivity index (χ4n) is 1.30. The van der Waals surface area contributed by atoms with E-state index in [-0.39, 0.29) is 0 Å². The summed E-state index contributed by atoms with van der Waals surface area (Å²) in [5.74, 6) is 0. The SMILES string of the molecule is [O-]N1Cc2ccccc2C1. The predicted octanol–water partition coefficient (Wildman–Crippen LogP) is 1.50. The van der Waals surface area contributed by atoms with Gasteiger partial charge in [-0.2, -0.15) is 0 Å². The molecule has 2 heteroatoms. The second-order valence-electron chi connectivity index (χ2n) is 2.57. The Morgan fingerprint density at radius 1 is 1.10 bits per heavy atom. The van der Waals surface area contributed by atoms with Crippen LogP contribution < -0.4 is 0 Å². The highest BCUT2D eigenvalue weighted by Crippen LogP contribution is 2.20. The molecule has 0 aromatic heterocycles. The van der Waals surface area contributed by atoms with Crippen LogP contribution in [0.3, 0.4) is 0 Å². The van der Waals surface area contributed by atoms with E-state index in [1.807, 2.05) is 24.3 Å². The number of nitrogens with zero attached hydrogens (tertiary/aromatic N) is 1. The van der Waals surface area contributed by atoms with Crippen LogP contribution in [0.25, 0.3) is 0 Å². The molecule has 0 atom stereocenters. The van der Waals surface area contributed by atoms with E-state index in [4.69, 9.17) is 0 Å². The van der Waals surface area contributed by atoms with Crippen LogP contribution >= 0.6 is 0 Å². The molecule has 1 aliphatic heterocycles. The van der Waals surface area contributed by atoms with Crippen LogP contribution in [-0.2, 0) is 13.1 Å². The molecular weight excluding hydrogens is 126 g/mol. The Balaban J connectivity index is 2.42. The van der Waals surface area contributed by atoms with Gasteiger partial charge in [-0.15, -0.1) is 0 Å². The van der Waals surface area contributed by atoms with Gasteiger partial charge in [-0.1, -0.05) is 24.3 Å². The molecular formula is C8H8NO-. The van der Waals surface area contributed by atoms with Crippen LogP contribution in [0.15, 0.2) is 24.3 Å². The van der Waals surface area contributed by atoms with E-state index in [9.17, 15) is 5.21 Å². The molecule has 0 spiro atoms. The first kappa shape index (κ1) is 5.89. The van der Waals surface area contributed by atoms with Crippen molar-refractivity contribution in [2.45, 2.75) is 13.1 Å². The zero-order valence-corrected chi connectivity index (χ0v) is 5.58. The molecule has 0 amide bonds. The molecule has 1 heterocycles. The Morgan fingerprint density at radius 2 is 1.60 bits per heavy atom. The summed E-state index contributed by atoms with van der Waals surface area (Å²) in [6.07, 6.45) is 0. The molecule has 1 aromatic carbocycles. The molecule has 52 valence electrons. The van der Waals surface area contributed by atoms with Crippen molar-refractivity contribution in [3.63, 3.8) is 0 Å². The van der Waals surface area contributed by atoms with Gasteiger partial charge in [0.15, 0.2) is 0 Å². The monoisotopic (exact) mass is 134 g/mol. The van der Waals surface area contributed by atoms with Crippen molar-refractivity contribution in [3.8, 4) is 0 Å². The first-order valence-electron chi connectivity index (χ1n) is 3.35. The summed E-state index contributed by atoms with van der Waals surface area (Å²) in [6, 6.07) is 7.95. The molecule has 0 saturated carbocycles. The second kappa shape index (κ2) is 2.08. The van der Waals surface area contributed by atoms with E-state index in [1.165, 1.54) is 11.1 Å². The highest BCUT2D eigenvalue weighted by Gasteiger charge is 2.09. The first-order chi connectivity index (χ1) is 4.86. The Morgan fingerprint density at radius 3 is 2.10 bits per heavy atom. The van der Waals surface area contributed by atoms with Gasteiger partial charge in [-0.3, -0.25) is 0 Å². The number of hydrogen-bond donors (Lipinski definition) is 0. The maximum atomic E-state index is 10.8. The normalized spacial score (nSPS) is 17.3. The minimum absolute atomic E-state index is 0.566. The van der Waals surface area contributed by atoms with Crippen molar-refractivity contribution in [1.29, 1.82) is 0 Å². The maximum absolute atomic E-state index is 10.8. The standard InChI is InChI=1S/C8H8NO/c10-9-5-7-3-1-2-4-8(7)6-9/h1-4H,5-6H2/q-1. The molecule has 0 saturated heterocycles. The minimum atomic E-state index is 0.566. The summed E-state index contributed by atoms with van der Waals surface area (Å²) >= 11 is 0. The first-order valence-corrected chi connectivity index (χ1v) is 3.35. The molecule has 2 rings (SSSR count). The molecule has 2 nitrogen and oxygen atoms in total. The average Bonchev–Trinajstić information content (AvgIpc) is 2.27. The van der Waals surface area contributed by atoms with Crippen LogP contribution in [-0.4, -0.2) is 5.06 Å². The van der Waals surface area contributed by atoms with E-state index in [2.05, 4.69) is 0 Å². The van der Waals surface area contributed by atoms with Gasteiger partial charge in [0.05, 0.1) is 0 Å². The van der Waals surface area contributed by atoms with E-state index >= 15 is 0 Å². The van der Waals surface area contributed by atoms with Crippen molar-refractivity contribution in [2.75, 3.05) is 0 Å². The maximum Gasteiger partial charge on any atom is 0.0120 e. The fraction of sp³-hybridized carbons (Fsp3) is 0.250. The summed E-state index contributed by atoms with van der Waals surface area (Å²) in [5.41, 5.74) is 2.36. The number of rotatable bonds is 0. The second-order valence-corrected chi connectivity index (χ2v) is 2.57. The average molecular weight is 134 g/mol. The Labute approximate surface area is 59.7 Å². The Kier molecular flexibility index (Phi) is 1.22. The van der Waals surface area contributed by atoms with Gasteiger partial charge in [0.2, 0.25) is 0 Å². The van der Waals surface area contributed by atoms with Crippen molar-refractivity contribution in [1.82, 2.24) is 5.06 Å². The van der Waals surface area contributed by atoms with E-state index < -0.39 is 0 Å². The van der Waals surface area contributed by atoms with E-state index in [0.29, 0.717) is 13.1 Å². The lowest BCUT2D eigenvalue weighted by molar-refractivity contribution is 0.401. The van der Waals surface area contributed by atoms with Crippen molar-refractivity contribution in [3.05, 3.63) is 40.6 Å². The van der Waals surface area contributed by atoms with Gasteiger partial charge in [0.25, 0.3) is 0 Å². The van der Waals surface area contributed by atoms with Gasteiger partial charge in [-0.25, -0.2) is 0 Å². The van der Waals surface area contributed by atoms with Crippen molar-refractivity contribution < 1.29 is 0 Å². The molecule has 0 bridgehead atoms. The van der Waals surface area contributed by atoms with E-state index in [1.54, 1.807) is 0 Å². The summed E-state index contributed by atoms with van der Waals surface area (Å²) < 4.78 is 0. The lowest BCUT2D eigenvalue weighted by Gasteiger charge is -2.19. The summed E-state index contributed by atoms with van der Waals surface area (Å²) in [5, 5.41) is 11.9. The highest BCUT2D eigenvalue weighted by atomic mass is 16.5. The van der Waals surface area contributed by atoms with Gasteiger partial charge in [0.1, 0.15) is 0 Å². The molecule has 10 heavy (non-hydrogen) atoms. The lowest BCUT2D eigenvalue weighted by atomic mass is 10.1. The van der Waals surface area contributed by atoms with Crippen molar-refractivity contribution >= 4 is 0 Å². The number of benzene rings is 1. The number of hydroxylamine groups is 2. The van der Waals surface area contributed by atoms with Crippen molar-refractivity contribution in [2.24, 2.45) is 0 Å². The third kappa shape index (κ3) is 0.818.